The Hall–Kier alpha value is -2.90. The number of rotatable bonds is 7. The van der Waals surface area contributed by atoms with Gasteiger partial charge in [0.1, 0.15) is 11.6 Å². The lowest BCUT2D eigenvalue weighted by Crippen LogP contribution is -2.40. The van der Waals surface area contributed by atoms with Crippen LogP contribution in [0.15, 0.2) is 30.5 Å². The highest BCUT2D eigenvalue weighted by Gasteiger charge is 2.23. The molecule has 25 heavy (non-hydrogen) atoms. The van der Waals surface area contributed by atoms with Crippen LogP contribution in [0.25, 0.3) is 0 Å². The molecule has 1 aromatic carbocycles. The maximum absolute atomic E-state index is 12.9. The Morgan fingerprint density at radius 2 is 1.96 bits per heavy atom. The van der Waals surface area contributed by atoms with Crippen molar-refractivity contribution in [2.24, 2.45) is 7.05 Å². The van der Waals surface area contributed by atoms with E-state index in [4.69, 9.17) is 4.74 Å². The Labute approximate surface area is 144 Å². The van der Waals surface area contributed by atoms with Gasteiger partial charge in [0.25, 0.3) is 5.91 Å². The minimum atomic E-state index is -1.30. The molecule has 2 aromatic rings. The molecule has 2 N–H and O–H groups in total. The van der Waals surface area contributed by atoms with Gasteiger partial charge >= 0.3 is 5.97 Å². The molecule has 0 spiro atoms. The van der Waals surface area contributed by atoms with Crippen molar-refractivity contribution in [3.05, 3.63) is 47.5 Å². The quantitative estimate of drug-likeness (QED) is 0.797. The zero-order valence-electron chi connectivity index (χ0n) is 14.2. The van der Waals surface area contributed by atoms with E-state index in [-0.39, 0.29) is 18.2 Å². The van der Waals surface area contributed by atoms with E-state index < -0.39 is 23.8 Å². The second-order valence-electron chi connectivity index (χ2n) is 5.87. The number of aliphatic carboxylic acids is 1. The molecule has 1 amide bonds. The average Bonchev–Trinajstić information content (AvgIpc) is 2.95. The summed E-state index contributed by atoms with van der Waals surface area (Å²) in [5.74, 6) is -1.86. The number of aromatic nitrogens is 2. The first-order valence-electron chi connectivity index (χ1n) is 7.74. The topological polar surface area (TPSA) is 93.5 Å². The van der Waals surface area contributed by atoms with Gasteiger partial charge in [-0.1, -0.05) is 13.8 Å². The number of nitrogens with zero attached hydrogens (tertiary/aromatic N) is 2. The summed E-state index contributed by atoms with van der Waals surface area (Å²) in [5.41, 5.74) is 1.02. The summed E-state index contributed by atoms with van der Waals surface area (Å²) in [5, 5.41) is 16.0. The van der Waals surface area contributed by atoms with Crippen molar-refractivity contribution < 1.29 is 23.8 Å². The number of hydrogen-bond donors (Lipinski definition) is 2. The molecule has 0 radical (unpaired) electrons. The first-order valence-corrected chi connectivity index (χ1v) is 7.74. The molecule has 8 heteroatoms. The third kappa shape index (κ3) is 4.79. The van der Waals surface area contributed by atoms with Gasteiger partial charge in [-0.3, -0.25) is 9.48 Å². The Balaban J connectivity index is 2.04. The fraction of sp³-hybridized carbons (Fsp3) is 0.353. The normalized spacial score (nSPS) is 12.0. The summed E-state index contributed by atoms with van der Waals surface area (Å²) in [6.07, 6.45) is 0.287. The molecule has 7 nitrogen and oxygen atoms in total. The molecule has 1 atom stereocenters. The Morgan fingerprint density at radius 3 is 2.52 bits per heavy atom. The van der Waals surface area contributed by atoms with Crippen LogP contribution in [0.4, 0.5) is 4.39 Å². The van der Waals surface area contributed by atoms with Crippen LogP contribution in [0.2, 0.25) is 0 Å². The maximum Gasteiger partial charge on any atom is 0.346 e. The molecule has 0 saturated heterocycles. The van der Waals surface area contributed by atoms with Gasteiger partial charge in [0, 0.05) is 13.2 Å². The van der Waals surface area contributed by atoms with Gasteiger partial charge in [-0.2, -0.15) is 5.10 Å². The SMILES string of the molecule is CC(C)c1nn(C)cc1C(=O)NCC(Oc1ccc(F)cc1)C(=O)O. The highest BCUT2D eigenvalue weighted by Crippen LogP contribution is 2.17. The molecule has 1 heterocycles. The van der Waals surface area contributed by atoms with Crippen LogP contribution in [0.5, 0.6) is 5.75 Å². The number of hydrogen-bond acceptors (Lipinski definition) is 4. The molecule has 0 fully saturated rings. The van der Waals surface area contributed by atoms with Crippen LogP contribution in [0.3, 0.4) is 0 Å². The molecule has 0 aliphatic rings. The molecule has 2 rings (SSSR count). The van der Waals surface area contributed by atoms with Gasteiger partial charge in [-0.15, -0.1) is 0 Å². The smallest absolute Gasteiger partial charge is 0.346 e. The van der Waals surface area contributed by atoms with Crippen molar-refractivity contribution in [2.45, 2.75) is 25.9 Å². The Bertz CT molecular complexity index is 756. The molecule has 1 unspecified atom stereocenters. The number of nitrogens with one attached hydrogen (secondary N) is 1. The number of aryl methyl sites for hydroxylation is 1. The average molecular weight is 349 g/mol. The number of carboxylic acid groups (broad SMARTS) is 1. The molecular weight excluding hydrogens is 329 g/mol. The van der Waals surface area contributed by atoms with Crippen molar-refractivity contribution in [3.63, 3.8) is 0 Å². The zero-order chi connectivity index (χ0) is 18.6. The molecule has 1 aromatic heterocycles. The lowest BCUT2D eigenvalue weighted by Gasteiger charge is -2.16. The highest BCUT2D eigenvalue weighted by atomic mass is 19.1. The number of carbonyl (C=O) groups excluding carboxylic acids is 1. The maximum atomic E-state index is 12.9. The van der Waals surface area contributed by atoms with Gasteiger partial charge in [-0.25, -0.2) is 9.18 Å². The van der Waals surface area contributed by atoms with E-state index >= 15 is 0 Å². The van der Waals surface area contributed by atoms with E-state index in [1.54, 1.807) is 13.2 Å². The van der Waals surface area contributed by atoms with Crippen LogP contribution < -0.4 is 10.1 Å². The van der Waals surface area contributed by atoms with Crippen molar-refractivity contribution in [2.75, 3.05) is 6.54 Å². The van der Waals surface area contributed by atoms with Gasteiger partial charge < -0.3 is 15.2 Å². The first kappa shape index (κ1) is 18.4. The van der Waals surface area contributed by atoms with E-state index in [9.17, 15) is 19.1 Å². The number of amides is 1. The minimum absolute atomic E-state index is 0.0488. The van der Waals surface area contributed by atoms with Gasteiger partial charge in [-0.05, 0) is 30.2 Å². The largest absolute Gasteiger partial charge is 0.478 e. The predicted molar refractivity (Wildman–Crippen MR) is 88.1 cm³/mol. The van der Waals surface area contributed by atoms with Crippen molar-refractivity contribution in [1.29, 1.82) is 0 Å². The van der Waals surface area contributed by atoms with E-state index in [1.807, 2.05) is 13.8 Å². The monoisotopic (exact) mass is 349 g/mol. The second-order valence-corrected chi connectivity index (χ2v) is 5.87. The number of ether oxygens (including phenoxy) is 1. The Morgan fingerprint density at radius 1 is 1.32 bits per heavy atom. The number of carboxylic acids is 1. The van der Waals surface area contributed by atoms with Crippen LogP contribution in [0, 0.1) is 5.82 Å². The van der Waals surface area contributed by atoms with Crippen LogP contribution in [-0.4, -0.2) is 39.4 Å². The number of halogens is 1. The van der Waals surface area contributed by atoms with Crippen LogP contribution in [0.1, 0.15) is 35.8 Å². The van der Waals surface area contributed by atoms with Gasteiger partial charge in [0.15, 0.2) is 0 Å². The summed E-state index contributed by atoms with van der Waals surface area (Å²) >= 11 is 0. The van der Waals surface area contributed by atoms with Crippen LogP contribution >= 0.6 is 0 Å². The van der Waals surface area contributed by atoms with Crippen molar-refractivity contribution in [3.8, 4) is 5.75 Å². The first-order chi connectivity index (χ1) is 11.8. The molecule has 0 bridgehead atoms. The molecule has 0 saturated carbocycles. The van der Waals surface area contributed by atoms with Gasteiger partial charge in [0.05, 0.1) is 17.8 Å². The Kier molecular flexibility index (Phi) is 5.74. The molecule has 134 valence electrons. The number of benzene rings is 1. The summed E-state index contributed by atoms with van der Waals surface area (Å²) in [4.78, 5) is 23.7. The van der Waals surface area contributed by atoms with E-state index in [2.05, 4.69) is 10.4 Å². The predicted octanol–water partition coefficient (Wildman–Crippen LogP) is 1.94. The molecule has 0 aliphatic heterocycles. The standard InChI is InChI=1S/C17H20FN3O4/c1-10(2)15-13(9-21(3)20-15)16(22)19-8-14(17(23)24)25-12-6-4-11(18)5-7-12/h4-7,9-10,14H,8H2,1-3H3,(H,19,22)(H,23,24). The third-order valence-corrected chi connectivity index (χ3v) is 3.46. The molecule has 0 aliphatic carbocycles. The lowest BCUT2D eigenvalue weighted by molar-refractivity contribution is -0.144. The summed E-state index contributed by atoms with van der Waals surface area (Å²) in [7, 11) is 1.71. The minimum Gasteiger partial charge on any atom is -0.478 e. The number of carbonyl (C=O) groups is 2. The van der Waals surface area contributed by atoms with Crippen molar-refractivity contribution >= 4 is 11.9 Å². The summed E-state index contributed by atoms with van der Waals surface area (Å²) in [6.45, 7) is 3.59. The van der Waals surface area contributed by atoms with Crippen molar-refractivity contribution in [1.82, 2.24) is 15.1 Å². The fourth-order valence-corrected chi connectivity index (χ4v) is 2.24. The fourth-order valence-electron chi connectivity index (χ4n) is 2.24. The highest BCUT2D eigenvalue weighted by molar-refractivity contribution is 5.95. The van der Waals surface area contributed by atoms with E-state index in [1.165, 1.54) is 16.8 Å². The van der Waals surface area contributed by atoms with E-state index in [0.717, 1.165) is 12.1 Å². The lowest BCUT2D eigenvalue weighted by atomic mass is 10.1. The van der Waals surface area contributed by atoms with Gasteiger partial charge in [0.2, 0.25) is 6.10 Å². The zero-order valence-corrected chi connectivity index (χ0v) is 14.2. The summed E-state index contributed by atoms with van der Waals surface area (Å²) < 4.78 is 19.7. The van der Waals surface area contributed by atoms with Crippen LogP contribution in [-0.2, 0) is 11.8 Å². The third-order valence-electron chi connectivity index (χ3n) is 3.46. The molecular formula is C17H20FN3O4. The van der Waals surface area contributed by atoms with E-state index in [0.29, 0.717) is 11.3 Å². The summed E-state index contributed by atoms with van der Waals surface area (Å²) in [6, 6.07) is 4.98. The second kappa shape index (κ2) is 7.78.